The Balaban J connectivity index is 0.000000180. The van der Waals surface area contributed by atoms with E-state index >= 15 is 0 Å². The van der Waals surface area contributed by atoms with Crippen LogP contribution in [0.3, 0.4) is 0 Å². The molecule has 0 aliphatic carbocycles. The lowest BCUT2D eigenvalue weighted by atomic mass is 10.3. The zero-order valence-corrected chi connectivity index (χ0v) is 5.95. The normalized spacial score (nSPS) is 7.90. The van der Waals surface area contributed by atoms with Gasteiger partial charge >= 0.3 is 7.32 Å². The van der Waals surface area contributed by atoms with Gasteiger partial charge in [0.05, 0.1) is 5.00 Å². The molecule has 0 unspecified atom stereocenters. The van der Waals surface area contributed by atoms with Gasteiger partial charge in [-0.3, -0.25) is 0 Å². The Labute approximate surface area is 62.7 Å². The van der Waals surface area contributed by atoms with Crippen LogP contribution >= 0.6 is 11.3 Å². The van der Waals surface area contributed by atoms with E-state index in [4.69, 9.17) is 20.8 Å². The second-order valence-electron chi connectivity index (χ2n) is 1.36. The Hall–Kier alpha value is -0.555. The molecule has 0 fully saturated rings. The number of hydrogen-bond donors (Lipinski definition) is 4. The van der Waals surface area contributed by atoms with E-state index in [0.717, 1.165) is 5.00 Å². The van der Waals surface area contributed by atoms with Crippen molar-refractivity contribution in [2.24, 2.45) is 0 Å². The van der Waals surface area contributed by atoms with Crippen molar-refractivity contribution in [2.45, 2.75) is 0 Å². The van der Waals surface area contributed by atoms with Gasteiger partial charge in [-0.15, -0.1) is 11.3 Å². The van der Waals surface area contributed by atoms with Gasteiger partial charge in [0.15, 0.2) is 0 Å². The van der Waals surface area contributed by atoms with Crippen molar-refractivity contribution in [1.29, 1.82) is 0 Å². The fourth-order valence-corrected chi connectivity index (χ4v) is 0.763. The lowest BCUT2D eigenvalue weighted by molar-refractivity contribution is 0.278. The number of rotatable bonds is 0. The van der Waals surface area contributed by atoms with Gasteiger partial charge in [-0.2, -0.15) is 0 Å². The summed E-state index contributed by atoms with van der Waals surface area (Å²) >= 11 is 1.56. The molecule has 5 N–H and O–H groups in total. The van der Waals surface area contributed by atoms with Crippen molar-refractivity contribution >= 4 is 23.7 Å². The summed E-state index contributed by atoms with van der Waals surface area (Å²) in [5.41, 5.74) is 5.30. The molecular formula is C4H8BNO3S. The summed E-state index contributed by atoms with van der Waals surface area (Å²) in [6.07, 6.45) is 0. The summed E-state index contributed by atoms with van der Waals surface area (Å²) in [4.78, 5) is 0. The molecule has 0 radical (unpaired) electrons. The molecule has 0 bridgehead atoms. The predicted molar refractivity (Wildman–Crippen MR) is 41.1 cm³/mol. The molecule has 1 aromatic heterocycles. The van der Waals surface area contributed by atoms with Crippen molar-refractivity contribution in [1.82, 2.24) is 0 Å². The van der Waals surface area contributed by atoms with Crippen molar-refractivity contribution in [2.75, 3.05) is 5.73 Å². The van der Waals surface area contributed by atoms with E-state index in [2.05, 4.69) is 0 Å². The summed E-state index contributed by atoms with van der Waals surface area (Å²) in [6, 6.07) is 3.81. The molecule has 0 aliphatic heterocycles. The molecule has 1 heterocycles. The monoisotopic (exact) mass is 161 g/mol. The third-order valence-corrected chi connectivity index (χ3v) is 1.24. The highest BCUT2D eigenvalue weighted by molar-refractivity contribution is 7.13. The highest BCUT2D eigenvalue weighted by Crippen LogP contribution is 2.07. The van der Waals surface area contributed by atoms with Gasteiger partial charge in [-0.25, -0.2) is 0 Å². The lowest BCUT2D eigenvalue weighted by Crippen LogP contribution is -2.07. The first-order valence-electron chi connectivity index (χ1n) is 2.46. The van der Waals surface area contributed by atoms with E-state index in [1.807, 2.05) is 17.5 Å². The van der Waals surface area contributed by atoms with Crippen LogP contribution in [-0.4, -0.2) is 22.4 Å². The summed E-state index contributed by atoms with van der Waals surface area (Å²) in [6.45, 7) is 0. The van der Waals surface area contributed by atoms with E-state index in [1.54, 1.807) is 11.3 Å². The molecule has 1 rings (SSSR count). The van der Waals surface area contributed by atoms with Crippen LogP contribution in [0.1, 0.15) is 0 Å². The second-order valence-corrected chi connectivity index (χ2v) is 2.34. The number of hydrogen-bond acceptors (Lipinski definition) is 5. The fourth-order valence-electron chi connectivity index (χ4n) is 0.291. The van der Waals surface area contributed by atoms with Gasteiger partial charge in [0.1, 0.15) is 0 Å². The minimum absolute atomic E-state index is 0.884. The van der Waals surface area contributed by atoms with Crippen LogP contribution in [0.15, 0.2) is 17.5 Å². The van der Waals surface area contributed by atoms with E-state index < -0.39 is 7.32 Å². The third kappa shape index (κ3) is 7.44. The van der Waals surface area contributed by atoms with E-state index in [0.29, 0.717) is 0 Å². The maximum Gasteiger partial charge on any atom is 0.631 e. The number of anilines is 1. The Morgan fingerprint density at radius 2 is 1.90 bits per heavy atom. The van der Waals surface area contributed by atoms with Gasteiger partial charge in [-0.1, -0.05) is 0 Å². The Kier molecular flexibility index (Phi) is 4.96. The van der Waals surface area contributed by atoms with Crippen LogP contribution in [0.5, 0.6) is 0 Å². The van der Waals surface area contributed by atoms with Gasteiger partial charge in [0, 0.05) is 0 Å². The standard InChI is InChI=1S/C4H5NS.BH3O3/c5-4-2-1-3-6-4;2-1(3)4/h1-3H,5H2;2-4H. The van der Waals surface area contributed by atoms with Crippen LogP contribution in [-0.2, 0) is 0 Å². The first-order chi connectivity index (χ1) is 4.63. The molecule has 10 heavy (non-hydrogen) atoms. The Morgan fingerprint density at radius 1 is 1.40 bits per heavy atom. The van der Waals surface area contributed by atoms with E-state index in [1.165, 1.54) is 0 Å². The molecule has 0 atom stereocenters. The minimum Gasteiger partial charge on any atom is -0.402 e. The summed E-state index contributed by atoms with van der Waals surface area (Å²) in [5, 5.41) is 24.3. The van der Waals surface area contributed by atoms with E-state index in [9.17, 15) is 0 Å². The quantitative estimate of drug-likeness (QED) is 0.378. The van der Waals surface area contributed by atoms with Gasteiger partial charge in [0.2, 0.25) is 0 Å². The highest BCUT2D eigenvalue weighted by atomic mass is 32.1. The Morgan fingerprint density at radius 3 is 2.00 bits per heavy atom. The van der Waals surface area contributed by atoms with Crippen LogP contribution in [0.25, 0.3) is 0 Å². The number of nitrogens with two attached hydrogens (primary N) is 1. The van der Waals surface area contributed by atoms with Crippen molar-refractivity contribution in [3.8, 4) is 0 Å². The van der Waals surface area contributed by atoms with Crippen LogP contribution in [0.2, 0.25) is 0 Å². The molecule has 0 saturated carbocycles. The largest absolute Gasteiger partial charge is 0.631 e. The average molecular weight is 161 g/mol. The van der Waals surface area contributed by atoms with Gasteiger partial charge < -0.3 is 20.8 Å². The van der Waals surface area contributed by atoms with Crippen LogP contribution in [0, 0.1) is 0 Å². The van der Waals surface area contributed by atoms with Crippen LogP contribution < -0.4 is 5.73 Å². The Bertz CT molecular complexity index is 153. The van der Waals surface area contributed by atoms with Crippen molar-refractivity contribution in [3.63, 3.8) is 0 Å². The predicted octanol–water partition coefficient (Wildman–Crippen LogP) is -0.721. The van der Waals surface area contributed by atoms with Crippen molar-refractivity contribution < 1.29 is 15.1 Å². The molecule has 0 amide bonds. The smallest absolute Gasteiger partial charge is 0.402 e. The molecule has 4 nitrogen and oxygen atoms in total. The topological polar surface area (TPSA) is 86.7 Å². The number of nitrogen functional groups attached to an aromatic ring is 1. The third-order valence-electron chi connectivity index (χ3n) is 0.543. The van der Waals surface area contributed by atoms with Gasteiger partial charge in [0.25, 0.3) is 0 Å². The zero-order chi connectivity index (χ0) is 7.98. The SMILES string of the molecule is Nc1cccs1.OB(O)O. The number of thiophene rings is 1. The van der Waals surface area contributed by atoms with E-state index in [-0.39, 0.29) is 0 Å². The molecule has 0 aliphatic rings. The maximum absolute atomic E-state index is 7.17. The molecular weight excluding hydrogens is 153 g/mol. The second kappa shape index (κ2) is 5.25. The first-order valence-corrected chi connectivity index (χ1v) is 3.34. The first kappa shape index (κ1) is 9.44. The zero-order valence-electron chi connectivity index (χ0n) is 5.14. The maximum atomic E-state index is 7.17. The summed E-state index contributed by atoms with van der Waals surface area (Å²) in [5.74, 6) is 0. The average Bonchev–Trinajstić information content (AvgIpc) is 2.15. The minimum atomic E-state index is -2.17. The summed E-state index contributed by atoms with van der Waals surface area (Å²) in [7, 11) is -2.17. The molecule has 0 saturated heterocycles. The lowest BCUT2D eigenvalue weighted by Gasteiger charge is -1.69. The van der Waals surface area contributed by atoms with Gasteiger partial charge in [-0.05, 0) is 17.5 Å². The highest BCUT2D eigenvalue weighted by Gasteiger charge is 1.92. The molecule has 0 spiro atoms. The van der Waals surface area contributed by atoms with Crippen LogP contribution in [0.4, 0.5) is 5.00 Å². The molecule has 56 valence electrons. The van der Waals surface area contributed by atoms with Crippen molar-refractivity contribution in [3.05, 3.63) is 17.5 Å². The molecule has 6 heteroatoms. The molecule has 1 aromatic rings. The molecule has 0 aromatic carbocycles. The fraction of sp³-hybridized carbons (Fsp3) is 0. The summed E-state index contributed by atoms with van der Waals surface area (Å²) < 4.78 is 0.